The first-order valence-electron chi connectivity index (χ1n) is 11.5. The molecule has 0 bridgehead atoms. The molecule has 1 aliphatic carbocycles. The number of H-pyrrole nitrogens is 1. The molecule has 1 fully saturated rings. The van der Waals surface area contributed by atoms with Crippen molar-refractivity contribution in [3.05, 3.63) is 71.3 Å². The Balaban J connectivity index is 1.28. The number of hydrogen-bond donors (Lipinski definition) is 2. The molecule has 0 radical (unpaired) electrons. The normalized spacial score (nSPS) is 18.4. The van der Waals surface area contributed by atoms with Crippen LogP contribution in [-0.2, 0) is 11.3 Å². The highest BCUT2D eigenvalue weighted by Crippen LogP contribution is 2.39. The number of aromatic nitrogens is 3. The lowest BCUT2D eigenvalue weighted by Gasteiger charge is -2.28. The number of hydrogen-bond acceptors (Lipinski definition) is 4. The topological polar surface area (TPSA) is 79.9 Å². The molecule has 0 unspecified atom stereocenters. The summed E-state index contributed by atoms with van der Waals surface area (Å²) < 4.78 is 5.41. The maximum Gasteiger partial charge on any atom is 0.251 e. The lowest BCUT2D eigenvalue weighted by Crippen LogP contribution is -2.31. The minimum absolute atomic E-state index is 0.000834. The van der Waals surface area contributed by atoms with Crippen molar-refractivity contribution in [2.24, 2.45) is 5.92 Å². The van der Waals surface area contributed by atoms with Crippen molar-refractivity contribution in [3.8, 4) is 11.1 Å². The van der Waals surface area contributed by atoms with E-state index >= 15 is 0 Å². The molecule has 1 aliphatic rings. The third-order valence-corrected chi connectivity index (χ3v) is 6.47. The number of nitrogens with one attached hydrogen (secondary N) is 2. The predicted octanol–water partition coefficient (Wildman–Crippen LogP) is 5.02. The SMILES string of the molecule is CCOCc1ccc(C(=O)NCC2CCC(c3[nH]ncc3-c3ccncc3C)CC2)cc1. The molecular weight excluding hydrogens is 400 g/mol. The highest BCUT2D eigenvalue weighted by molar-refractivity contribution is 5.94. The van der Waals surface area contributed by atoms with Gasteiger partial charge in [-0.1, -0.05) is 12.1 Å². The zero-order chi connectivity index (χ0) is 22.3. The van der Waals surface area contributed by atoms with E-state index in [1.165, 1.54) is 16.8 Å². The van der Waals surface area contributed by atoms with E-state index < -0.39 is 0 Å². The summed E-state index contributed by atoms with van der Waals surface area (Å²) in [5, 5.41) is 10.7. The second-order valence-electron chi connectivity index (χ2n) is 8.65. The van der Waals surface area contributed by atoms with Crippen molar-refractivity contribution in [2.75, 3.05) is 13.2 Å². The Labute approximate surface area is 189 Å². The van der Waals surface area contributed by atoms with Gasteiger partial charge in [0.25, 0.3) is 5.91 Å². The third kappa shape index (κ3) is 5.25. The van der Waals surface area contributed by atoms with Gasteiger partial charge in [-0.2, -0.15) is 5.10 Å². The van der Waals surface area contributed by atoms with Crippen molar-refractivity contribution in [1.82, 2.24) is 20.5 Å². The Bertz CT molecular complexity index is 1020. The lowest BCUT2D eigenvalue weighted by atomic mass is 9.79. The molecule has 3 aromatic rings. The lowest BCUT2D eigenvalue weighted by molar-refractivity contribution is 0.0942. The van der Waals surface area contributed by atoms with Crippen LogP contribution in [0.15, 0.2) is 48.9 Å². The average molecular weight is 433 g/mol. The minimum atomic E-state index is -0.000834. The van der Waals surface area contributed by atoms with Crippen LogP contribution in [0.3, 0.4) is 0 Å². The number of rotatable bonds is 8. The number of aromatic amines is 1. The number of carbonyl (C=O) groups is 1. The fraction of sp³-hybridized carbons (Fsp3) is 0.423. The van der Waals surface area contributed by atoms with Gasteiger partial charge in [0.2, 0.25) is 0 Å². The van der Waals surface area contributed by atoms with Gasteiger partial charge in [0.15, 0.2) is 0 Å². The molecule has 0 atom stereocenters. The van der Waals surface area contributed by atoms with E-state index in [-0.39, 0.29) is 5.91 Å². The molecule has 6 heteroatoms. The van der Waals surface area contributed by atoms with Crippen LogP contribution in [0.5, 0.6) is 0 Å². The molecule has 0 spiro atoms. The predicted molar refractivity (Wildman–Crippen MR) is 125 cm³/mol. The minimum Gasteiger partial charge on any atom is -0.377 e. The molecule has 2 aromatic heterocycles. The van der Waals surface area contributed by atoms with Gasteiger partial charge in [0.1, 0.15) is 0 Å². The monoisotopic (exact) mass is 432 g/mol. The summed E-state index contributed by atoms with van der Waals surface area (Å²) in [6.07, 6.45) is 10.1. The van der Waals surface area contributed by atoms with Crippen LogP contribution in [-0.4, -0.2) is 34.2 Å². The van der Waals surface area contributed by atoms with Crippen molar-refractivity contribution >= 4 is 5.91 Å². The molecule has 0 aliphatic heterocycles. The maximum absolute atomic E-state index is 12.5. The largest absolute Gasteiger partial charge is 0.377 e. The highest BCUT2D eigenvalue weighted by Gasteiger charge is 2.26. The van der Waals surface area contributed by atoms with E-state index in [4.69, 9.17) is 4.74 Å². The van der Waals surface area contributed by atoms with Crippen LogP contribution in [0.2, 0.25) is 0 Å². The third-order valence-electron chi connectivity index (χ3n) is 6.47. The van der Waals surface area contributed by atoms with E-state index in [0.29, 0.717) is 30.6 Å². The Morgan fingerprint density at radius 1 is 1.09 bits per heavy atom. The Hall–Kier alpha value is -2.99. The summed E-state index contributed by atoms with van der Waals surface area (Å²) >= 11 is 0. The summed E-state index contributed by atoms with van der Waals surface area (Å²) in [5.41, 5.74) is 6.57. The van der Waals surface area contributed by atoms with Gasteiger partial charge < -0.3 is 10.1 Å². The average Bonchev–Trinajstić information content (AvgIpc) is 3.32. The van der Waals surface area contributed by atoms with Crippen molar-refractivity contribution in [1.29, 1.82) is 0 Å². The molecule has 1 amide bonds. The van der Waals surface area contributed by atoms with Crippen LogP contribution in [0.25, 0.3) is 11.1 Å². The fourth-order valence-electron chi connectivity index (χ4n) is 4.56. The van der Waals surface area contributed by atoms with E-state index in [9.17, 15) is 4.79 Å². The number of ether oxygens (including phenoxy) is 1. The van der Waals surface area contributed by atoms with Gasteiger partial charge in [-0.3, -0.25) is 14.9 Å². The van der Waals surface area contributed by atoms with Gasteiger partial charge in [-0.25, -0.2) is 0 Å². The van der Waals surface area contributed by atoms with E-state index in [1.54, 1.807) is 0 Å². The summed E-state index contributed by atoms with van der Waals surface area (Å²) in [6.45, 7) is 6.07. The summed E-state index contributed by atoms with van der Waals surface area (Å²) in [5.74, 6) is 0.991. The van der Waals surface area contributed by atoms with Gasteiger partial charge in [-0.05, 0) is 80.3 Å². The molecule has 32 heavy (non-hydrogen) atoms. The zero-order valence-electron chi connectivity index (χ0n) is 18.9. The summed E-state index contributed by atoms with van der Waals surface area (Å²) in [7, 11) is 0. The fourth-order valence-corrected chi connectivity index (χ4v) is 4.56. The second-order valence-corrected chi connectivity index (χ2v) is 8.65. The molecule has 4 rings (SSSR count). The molecule has 0 saturated heterocycles. The van der Waals surface area contributed by atoms with Gasteiger partial charge in [0.05, 0.1) is 12.8 Å². The molecule has 2 heterocycles. The van der Waals surface area contributed by atoms with Crippen molar-refractivity contribution < 1.29 is 9.53 Å². The Kier molecular flexibility index (Phi) is 7.32. The molecule has 1 aromatic carbocycles. The molecule has 168 valence electrons. The summed E-state index contributed by atoms with van der Waals surface area (Å²) in [6, 6.07) is 9.74. The van der Waals surface area contributed by atoms with E-state index in [1.807, 2.05) is 49.8 Å². The van der Waals surface area contributed by atoms with E-state index in [0.717, 1.165) is 43.4 Å². The molecule has 6 nitrogen and oxygen atoms in total. The van der Waals surface area contributed by atoms with Gasteiger partial charge in [-0.15, -0.1) is 0 Å². The quantitative estimate of drug-likeness (QED) is 0.524. The van der Waals surface area contributed by atoms with Gasteiger partial charge in [0, 0.05) is 48.3 Å². The summed E-state index contributed by atoms with van der Waals surface area (Å²) in [4.78, 5) is 16.7. The number of pyridine rings is 1. The number of amides is 1. The first-order valence-corrected chi connectivity index (χ1v) is 11.5. The van der Waals surface area contributed by atoms with Crippen molar-refractivity contribution in [2.45, 2.75) is 52.1 Å². The Morgan fingerprint density at radius 3 is 2.59 bits per heavy atom. The van der Waals surface area contributed by atoms with Crippen LogP contribution < -0.4 is 5.32 Å². The second kappa shape index (κ2) is 10.6. The number of carbonyl (C=O) groups excluding carboxylic acids is 1. The van der Waals surface area contributed by atoms with Crippen LogP contribution >= 0.6 is 0 Å². The van der Waals surface area contributed by atoms with Crippen LogP contribution in [0.1, 0.15) is 65.7 Å². The first-order chi connectivity index (χ1) is 15.7. The number of benzene rings is 1. The van der Waals surface area contributed by atoms with Gasteiger partial charge >= 0.3 is 0 Å². The molecule has 1 saturated carbocycles. The highest BCUT2D eigenvalue weighted by atomic mass is 16.5. The zero-order valence-corrected chi connectivity index (χ0v) is 18.9. The van der Waals surface area contributed by atoms with E-state index in [2.05, 4.69) is 33.5 Å². The first kappa shape index (κ1) is 22.2. The van der Waals surface area contributed by atoms with Crippen LogP contribution in [0, 0.1) is 12.8 Å². The molecular formula is C26H32N4O2. The number of aryl methyl sites for hydroxylation is 1. The Morgan fingerprint density at radius 2 is 1.88 bits per heavy atom. The smallest absolute Gasteiger partial charge is 0.251 e. The van der Waals surface area contributed by atoms with Crippen LogP contribution in [0.4, 0.5) is 0 Å². The van der Waals surface area contributed by atoms with Crippen molar-refractivity contribution in [3.63, 3.8) is 0 Å². The molecule has 2 N–H and O–H groups in total. The number of nitrogens with zero attached hydrogens (tertiary/aromatic N) is 2. The maximum atomic E-state index is 12.5. The standard InChI is InChI=1S/C26H32N4O2/c1-3-32-17-20-6-10-22(11-7-20)26(31)28-15-19-4-8-21(9-5-19)25-24(16-29-30-25)23-12-13-27-14-18(23)2/h6-7,10-14,16,19,21H,3-5,8-9,15,17H2,1-2H3,(H,28,31)(H,29,30).